The fourth-order valence-electron chi connectivity index (χ4n) is 2.90. The standard InChI is InChI=1S/C23H16Cl2O4/c1-2-27-17-6-3-14(4-7-17)22-13-16(23(26)29-22)11-18-8-10-21(28-18)15-5-9-19(24)20(25)12-15/h3-13H,2H2,1H3/b16-11-. The summed E-state index contributed by atoms with van der Waals surface area (Å²) in [6.45, 7) is 2.52. The summed E-state index contributed by atoms with van der Waals surface area (Å²) in [5, 5.41) is 0.924. The topological polar surface area (TPSA) is 48.7 Å². The van der Waals surface area contributed by atoms with Gasteiger partial charge < -0.3 is 13.9 Å². The number of rotatable bonds is 5. The quantitative estimate of drug-likeness (QED) is 0.339. The molecule has 1 aliphatic rings. The number of esters is 1. The van der Waals surface area contributed by atoms with Crippen molar-refractivity contribution in [3.05, 3.63) is 87.6 Å². The second-order valence-corrected chi connectivity index (χ2v) is 7.10. The maximum absolute atomic E-state index is 12.2. The molecule has 1 aliphatic heterocycles. The second-order valence-electron chi connectivity index (χ2n) is 6.29. The zero-order valence-electron chi connectivity index (χ0n) is 15.4. The molecule has 0 saturated heterocycles. The minimum atomic E-state index is -0.429. The van der Waals surface area contributed by atoms with Crippen molar-refractivity contribution >= 4 is 41.0 Å². The molecule has 3 aromatic rings. The Balaban J connectivity index is 1.57. The average Bonchev–Trinajstić information content (AvgIpc) is 3.32. The van der Waals surface area contributed by atoms with Crippen LogP contribution in [0.4, 0.5) is 0 Å². The molecule has 0 amide bonds. The van der Waals surface area contributed by atoms with Crippen LogP contribution in [0.15, 0.2) is 70.7 Å². The van der Waals surface area contributed by atoms with Crippen LogP contribution in [-0.2, 0) is 9.53 Å². The normalized spacial score (nSPS) is 14.8. The predicted molar refractivity (Wildman–Crippen MR) is 114 cm³/mol. The summed E-state index contributed by atoms with van der Waals surface area (Å²) >= 11 is 12.0. The van der Waals surface area contributed by atoms with Crippen molar-refractivity contribution in [2.45, 2.75) is 6.92 Å². The van der Waals surface area contributed by atoms with Gasteiger partial charge in [0.25, 0.3) is 0 Å². The van der Waals surface area contributed by atoms with Gasteiger partial charge in [-0.1, -0.05) is 23.2 Å². The SMILES string of the molecule is CCOc1ccc(C2=C/C(=C/c3ccc(-c4ccc(Cl)c(Cl)c4)o3)C(=O)O2)cc1. The Bertz CT molecular complexity index is 1120. The lowest BCUT2D eigenvalue weighted by molar-refractivity contribution is -0.130. The minimum absolute atomic E-state index is 0.406. The van der Waals surface area contributed by atoms with E-state index < -0.39 is 5.97 Å². The summed E-state index contributed by atoms with van der Waals surface area (Å²) in [5.74, 6) is 1.98. The van der Waals surface area contributed by atoms with E-state index >= 15 is 0 Å². The third kappa shape index (κ3) is 4.24. The number of benzene rings is 2. The van der Waals surface area contributed by atoms with E-state index in [1.165, 1.54) is 0 Å². The van der Waals surface area contributed by atoms with Crippen LogP contribution in [0.5, 0.6) is 5.75 Å². The smallest absolute Gasteiger partial charge is 0.343 e. The molecule has 0 spiro atoms. The van der Waals surface area contributed by atoms with Gasteiger partial charge in [0.05, 0.1) is 22.2 Å². The van der Waals surface area contributed by atoms with E-state index in [9.17, 15) is 4.79 Å². The lowest BCUT2D eigenvalue weighted by atomic mass is 10.1. The highest BCUT2D eigenvalue weighted by molar-refractivity contribution is 6.42. The molecule has 0 bridgehead atoms. The number of furan rings is 1. The zero-order valence-corrected chi connectivity index (χ0v) is 17.0. The van der Waals surface area contributed by atoms with Crippen LogP contribution in [-0.4, -0.2) is 12.6 Å². The summed E-state index contributed by atoms with van der Waals surface area (Å²) in [5.41, 5.74) is 1.99. The van der Waals surface area contributed by atoms with Crippen molar-refractivity contribution in [2.24, 2.45) is 0 Å². The Labute approximate surface area is 178 Å². The second kappa shape index (κ2) is 8.19. The molecule has 2 heterocycles. The van der Waals surface area contributed by atoms with Crippen LogP contribution in [0.3, 0.4) is 0 Å². The van der Waals surface area contributed by atoms with Crippen LogP contribution in [0, 0.1) is 0 Å². The molecule has 0 aliphatic carbocycles. The molecule has 1 aromatic heterocycles. The average molecular weight is 427 g/mol. The molecule has 0 atom stereocenters. The highest BCUT2D eigenvalue weighted by atomic mass is 35.5. The van der Waals surface area contributed by atoms with E-state index in [0.717, 1.165) is 16.9 Å². The summed E-state index contributed by atoms with van der Waals surface area (Å²) in [6.07, 6.45) is 3.34. The number of carbonyl (C=O) groups is 1. The number of hydrogen-bond acceptors (Lipinski definition) is 4. The Morgan fingerprint density at radius 3 is 2.45 bits per heavy atom. The third-order valence-corrected chi connectivity index (χ3v) is 5.04. The first kappa shape index (κ1) is 19.4. The van der Waals surface area contributed by atoms with Crippen LogP contribution < -0.4 is 4.74 Å². The molecule has 0 radical (unpaired) electrons. The van der Waals surface area contributed by atoms with E-state index in [0.29, 0.717) is 39.5 Å². The van der Waals surface area contributed by atoms with Crippen LogP contribution in [0.25, 0.3) is 23.2 Å². The molecule has 146 valence electrons. The van der Waals surface area contributed by atoms with Gasteiger partial charge in [-0.2, -0.15) is 0 Å². The van der Waals surface area contributed by atoms with Gasteiger partial charge in [0.2, 0.25) is 0 Å². The molecule has 6 heteroatoms. The first-order valence-electron chi connectivity index (χ1n) is 8.97. The molecule has 29 heavy (non-hydrogen) atoms. The Morgan fingerprint density at radius 1 is 0.966 bits per heavy atom. The molecule has 2 aromatic carbocycles. The largest absolute Gasteiger partial charge is 0.494 e. The van der Waals surface area contributed by atoms with Gasteiger partial charge in [-0.3, -0.25) is 0 Å². The van der Waals surface area contributed by atoms with Crippen molar-refractivity contribution in [3.8, 4) is 17.1 Å². The third-order valence-electron chi connectivity index (χ3n) is 4.30. The monoisotopic (exact) mass is 426 g/mol. The van der Waals surface area contributed by atoms with Gasteiger partial charge in [0.15, 0.2) is 0 Å². The van der Waals surface area contributed by atoms with Crippen LogP contribution in [0.1, 0.15) is 18.2 Å². The Hall–Kier alpha value is -2.95. The minimum Gasteiger partial charge on any atom is -0.494 e. The van der Waals surface area contributed by atoms with Crippen LogP contribution >= 0.6 is 23.2 Å². The predicted octanol–water partition coefficient (Wildman–Crippen LogP) is 6.63. The number of carbonyl (C=O) groups excluding carboxylic acids is 1. The molecule has 0 N–H and O–H groups in total. The Morgan fingerprint density at radius 2 is 1.72 bits per heavy atom. The van der Waals surface area contributed by atoms with E-state index in [4.69, 9.17) is 37.1 Å². The molecular formula is C23H16Cl2O4. The van der Waals surface area contributed by atoms with Gasteiger partial charge in [-0.05, 0) is 73.7 Å². The molecule has 4 rings (SSSR count). The fourth-order valence-corrected chi connectivity index (χ4v) is 3.20. The van der Waals surface area contributed by atoms with Crippen molar-refractivity contribution in [1.82, 2.24) is 0 Å². The number of cyclic esters (lactones) is 1. The highest BCUT2D eigenvalue weighted by Crippen LogP contribution is 2.32. The highest BCUT2D eigenvalue weighted by Gasteiger charge is 2.22. The number of hydrogen-bond donors (Lipinski definition) is 0. The van der Waals surface area contributed by atoms with E-state index in [-0.39, 0.29) is 0 Å². The van der Waals surface area contributed by atoms with E-state index in [1.807, 2.05) is 43.3 Å². The Kier molecular flexibility index (Phi) is 5.47. The van der Waals surface area contributed by atoms with Crippen molar-refractivity contribution in [3.63, 3.8) is 0 Å². The molecule has 0 fully saturated rings. The summed E-state index contributed by atoms with van der Waals surface area (Å²) in [4.78, 5) is 12.2. The van der Waals surface area contributed by atoms with Crippen molar-refractivity contribution in [2.75, 3.05) is 6.61 Å². The van der Waals surface area contributed by atoms with E-state index in [1.54, 1.807) is 30.4 Å². The lowest BCUT2D eigenvalue weighted by Gasteiger charge is -2.05. The van der Waals surface area contributed by atoms with E-state index in [2.05, 4.69) is 0 Å². The number of halogens is 2. The fraction of sp³-hybridized carbons (Fsp3) is 0.0870. The molecule has 0 saturated carbocycles. The summed E-state index contributed by atoms with van der Waals surface area (Å²) in [6, 6.07) is 16.2. The zero-order chi connectivity index (χ0) is 20.4. The van der Waals surface area contributed by atoms with Gasteiger partial charge in [-0.15, -0.1) is 0 Å². The van der Waals surface area contributed by atoms with Gasteiger partial charge in [0.1, 0.15) is 23.0 Å². The molecule has 0 unspecified atom stereocenters. The van der Waals surface area contributed by atoms with Gasteiger partial charge in [-0.25, -0.2) is 4.79 Å². The van der Waals surface area contributed by atoms with Crippen LogP contribution in [0.2, 0.25) is 10.0 Å². The summed E-state index contributed by atoms with van der Waals surface area (Å²) < 4.78 is 16.6. The summed E-state index contributed by atoms with van der Waals surface area (Å²) in [7, 11) is 0. The first-order chi connectivity index (χ1) is 14.0. The van der Waals surface area contributed by atoms with Crippen molar-refractivity contribution < 1.29 is 18.7 Å². The number of ether oxygens (including phenoxy) is 2. The first-order valence-corrected chi connectivity index (χ1v) is 9.73. The molecule has 4 nitrogen and oxygen atoms in total. The van der Waals surface area contributed by atoms with Gasteiger partial charge in [0, 0.05) is 11.1 Å². The maximum Gasteiger partial charge on any atom is 0.343 e. The molecular weight excluding hydrogens is 411 g/mol. The van der Waals surface area contributed by atoms with Gasteiger partial charge >= 0.3 is 5.97 Å². The maximum atomic E-state index is 12.2. The lowest BCUT2D eigenvalue weighted by Crippen LogP contribution is -1.97. The van der Waals surface area contributed by atoms with Crippen molar-refractivity contribution in [1.29, 1.82) is 0 Å².